The highest BCUT2D eigenvalue weighted by molar-refractivity contribution is 5.85. The van der Waals surface area contributed by atoms with E-state index in [9.17, 15) is 23.3 Å². The van der Waals surface area contributed by atoms with Crippen LogP contribution in [0.15, 0.2) is 30.6 Å². The SMILES string of the molecule is Cl.Cl.O=[N+]([O-])c1ncn(CCCN2CCN(c3ccc(C(F)(F)F)cc3)CC2)n1. The first-order valence-electron chi connectivity index (χ1n) is 8.51. The van der Waals surface area contributed by atoms with Crippen LogP contribution in [-0.2, 0) is 12.7 Å². The van der Waals surface area contributed by atoms with Gasteiger partial charge in [-0.25, -0.2) is 0 Å². The first kappa shape index (κ1) is 24.9. The lowest BCUT2D eigenvalue weighted by molar-refractivity contribution is -0.394. The summed E-state index contributed by atoms with van der Waals surface area (Å²) < 4.78 is 39.3. The van der Waals surface area contributed by atoms with Gasteiger partial charge in [-0.2, -0.15) is 17.9 Å². The summed E-state index contributed by atoms with van der Waals surface area (Å²) in [6.07, 6.45) is -2.19. The molecule has 1 aliphatic rings. The standard InChI is InChI=1S/C16H19F3N6O2.2ClH/c17-16(18,19)13-2-4-14(5-3-13)23-10-8-22(9-11-23)6-1-7-24-12-20-15(21-24)25(26)27;;/h2-5,12H,1,6-11H2;2*1H. The number of hydrogen-bond donors (Lipinski definition) is 0. The van der Waals surface area contributed by atoms with E-state index in [4.69, 9.17) is 0 Å². The smallest absolute Gasteiger partial charge is 0.390 e. The molecule has 1 fully saturated rings. The molecule has 0 spiro atoms. The third-order valence-corrected chi connectivity index (χ3v) is 4.48. The zero-order chi connectivity index (χ0) is 19.4. The predicted octanol–water partition coefficient (Wildman–Crippen LogP) is 3.26. The summed E-state index contributed by atoms with van der Waals surface area (Å²) in [6, 6.07) is 5.24. The molecule has 0 saturated carbocycles. The second-order valence-corrected chi connectivity index (χ2v) is 6.29. The summed E-state index contributed by atoms with van der Waals surface area (Å²) in [6.45, 7) is 4.44. The topological polar surface area (TPSA) is 80.3 Å². The summed E-state index contributed by atoms with van der Waals surface area (Å²) in [4.78, 5) is 17.9. The van der Waals surface area contributed by atoms with Crippen molar-refractivity contribution >= 4 is 36.4 Å². The van der Waals surface area contributed by atoms with Crippen LogP contribution in [0.1, 0.15) is 12.0 Å². The van der Waals surface area contributed by atoms with Crippen LogP contribution < -0.4 is 4.90 Å². The molecule has 0 bridgehead atoms. The van der Waals surface area contributed by atoms with E-state index in [2.05, 4.69) is 19.9 Å². The molecule has 1 aromatic carbocycles. The lowest BCUT2D eigenvalue weighted by atomic mass is 10.1. The van der Waals surface area contributed by atoms with Crippen molar-refractivity contribution in [3.63, 3.8) is 0 Å². The summed E-state index contributed by atoms with van der Waals surface area (Å²) in [5.74, 6) is -0.403. The van der Waals surface area contributed by atoms with Gasteiger partial charge in [-0.05, 0) is 35.6 Å². The van der Waals surface area contributed by atoms with Gasteiger partial charge in [0.1, 0.15) is 0 Å². The summed E-state index contributed by atoms with van der Waals surface area (Å²) in [5.41, 5.74) is 0.149. The Morgan fingerprint density at radius 3 is 2.17 bits per heavy atom. The normalized spacial score (nSPS) is 14.8. The molecular weight excluding hydrogens is 436 g/mol. The molecule has 0 aliphatic carbocycles. The molecule has 8 nitrogen and oxygen atoms in total. The van der Waals surface area contributed by atoms with Crippen molar-refractivity contribution in [2.45, 2.75) is 19.1 Å². The number of alkyl halides is 3. The quantitative estimate of drug-likeness (QED) is 0.490. The van der Waals surface area contributed by atoms with Crippen molar-refractivity contribution in [1.82, 2.24) is 19.7 Å². The van der Waals surface area contributed by atoms with E-state index in [0.717, 1.165) is 57.0 Å². The first-order chi connectivity index (χ1) is 12.8. The molecule has 0 unspecified atom stereocenters. The Bertz CT molecular complexity index is 780. The molecule has 162 valence electrons. The lowest BCUT2D eigenvalue weighted by Gasteiger charge is -2.36. The van der Waals surface area contributed by atoms with Crippen LogP contribution in [0.4, 0.5) is 24.8 Å². The molecule has 13 heteroatoms. The van der Waals surface area contributed by atoms with Crippen molar-refractivity contribution < 1.29 is 18.1 Å². The Balaban J connectivity index is 0.00000210. The molecule has 3 rings (SSSR count). The van der Waals surface area contributed by atoms with E-state index in [1.807, 2.05) is 0 Å². The third-order valence-electron chi connectivity index (χ3n) is 4.48. The predicted molar refractivity (Wildman–Crippen MR) is 106 cm³/mol. The van der Waals surface area contributed by atoms with Gasteiger partial charge < -0.3 is 15.0 Å². The molecular formula is C16H21Cl2F3N6O2. The van der Waals surface area contributed by atoms with Crippen LogP contribution in [0.5, 0.6) is 0 Å². The average molecular weight is 457 g/mol. The van der Waals surface area contributed by atoms with Gasteiger partial charge in [0.25, 0.3) is 0 Å². The fraction of sp³-hybridized carbons (Fsp3) is 0.500. The minimum atomic E-state index is -4.32. The van der Waals surface area contributed by atoms with Crippen LogP contribution in [0.2, 0.25) is 0 Å². The van der Waals surface area contributed by atoms with Gasteiger partial charge in [0.05, 0.1) is 12.1 Å². The Morgan fingerprint density at radius 2 is 1.66 bits per heavy atom. The van der Waals surface area contributed by atoms with Gasteiger partial charge in [-0.3, -0.25) is 4.90 Å². The zero-order valence-electron chi connectivity index (χ0n) is 15.3. The molecule has 1 aliphatic heterocycles. The maximum Gasteiger partial charge on any atom is 0.490 e. The van der Waals surface area contributed by atoms with E-state index in [-0.39, 0.29) is 24.8 Å². The highest BCUT2D eigenvalue weighted by Gasteiger charge is 2.30. The second-order valence-electron chi connectivity index (χ2n) is 6.29. The third kappa shape index (κ3) is 6.72. The van der Waals surface area contributed by atoms with Gasteiger partial charge in [0.2, 0.25) is 6.33 Å². The van der Waals surface area contributed by atoms with Gasteiger partial charge in [-0.15, -0.1) is 24.8 Å². The largest absolute Gasteiger partial charge is 0.490 e. The Labute approximate surface area is 177 Å². The van der Waals surface area contributed by atoms with E-state index in [1.165, 1.54) is 23.1 Å². The van der Waals surface area contributed by atoms with E-state index >= 15 is 0 Å². The Hall–Kier alpha value is -2.11. The minimum Gasteiger partial charge on any atom is -0.390 e. The monoisotopic (exact) mass is 456 g/mol. The second kappa shape index (κ2) is 10.6. The van der Waals surface area contributed by atoms with Gasteiger partial charge >= 0.3 is 12.1 Å². The van der Waals surface area contributed by atoms with Crippen LogP contribution in [0.3, 0.4) is 0 Å². The van der Waals surface area contributed by atoms with Crippen LogP contribution in [0.25, 0.3) is 0 Å². The first-order valence-corrected chi connectivity index (χ1v) is 8.51. The lowest BCUT2D eigenvalue weighted by Crippen LogP contribution is -2.46. The fourth-order valence-electron chi connectivity index (χ4n) is 3.02. The summed E-state index contributed by atoms with van der Waals surface area (Å²) in [5, 5.41) is 14.3. The van der Waals surface area contributed by atoms with Crippen molar-refractivity contribution in [2.24, 2.45) is 0 Å². The van der Waals surface area contributed by atoms with Gasteiger partial charge in [0, 0.05) is 43.5 Å². The Kier molecular flexibility index (Phi) is 9.12. The van der Waals surface area contributed by atoms with Crippen LogP contribution in [-0.4, -0.2) is 57.3 Å². The van der Waals surface area contributed by atoms with Crippen LogP contribution in [0, 0.1) is 10.1 Å². The summed E-state index contributed by atoms with van der Waals surface area (Å²) >= 11 is 0. The number of nitrogens with zero attached hydrogens (tertiary/aromatic N) is 6. The fourth-order valence-corrected chi connectivity index (χ4v) is 3.02. The number of rotatable bonds is 6. The van der Waals surface area contributed by atoms with E-state index in [1.54, 1.807) is 0 Å². The molecule has 1 saturated heterocycles. The Morgan fingerprint density at radius 1 is 1.03 bits per heavy atom. The molecule has 0 amide bonds. The van der Waals surface area contributed by atoms with Crippen molar-refractivity contribution in [3.8, 4) is 0 Å². The number of aromatic nitrogens is 3. The number of anilines is 1. The molecule has 0 N–H and O–H groups in total. The van der Waals surface area contributed by atoms with Crippen molar-refractivity contribution in [1.29, 1.82) is 0 Å². The average Bonchev–Trinajstić information content (AvgIpc) is 3.11. The number of benzene rings is 1. The molecule has 2 aromatic rings. The van der Waals surface area contributed by atoms with E-state index in [0.29, 0.717) is 6.54 Å². The highest BCUT2D eigenvalue weighted by atomic mass is 35.5. The van der Waals surface area contributed by atoms with Crippen molar-refractivity contribution in [3.05, 3.63) is 46.3 Å². The maximum atomic E-state index is 12.6. The van der Waals surface area contributed by atoms with E-state index < -0.39 is 22.6 Å². The number of piperazine rings is 1. The van der Waals surface area contributed by atoms with Gasteiger partial charge in [0.15, 0.2) is 0 Å². The van der Waals surface area contributed by atoms with Gasteiger partial charge in [-0.1, -0.05) is 4.98 Å². The number of nitro groups is 1. The minimum absolute atomic E-state index is 0. The molecule has 1 aromatic heterocycles. The summed E-state index contributed by atoms with van der Waals surface area (Å²) in [7, 11) is 0. The zero-order valence-corrected chi connectivity index (χ0v) is 16.9. The molecule has 0 atom stereocenters. The number of aryl methyl sites for hydroxylation is 1. The number of halogens is 5. The molecule has 2 heterocycles. The van der Waals surface area contributed by atoms with Crippen molar-refractivity contribution in [2.75, 3.05) is 37.6 Å². The molecule has 0 radical (unpaired) electrons. The van der Waals surface area contributed by atoms with Crippen LogP contribution >= 0.6 is 24.8 Å². The number of hydrogen-bond acceptors (Lipinski definition) is 6. The molecule has 29 heavy (non-hydrogen) atoms. The highest BCUT2D eigenvalue weighted by Crippen LogP contribution is 2.30. The maximum absolute atomic E-state index is 12.6.